The minimum atomic E-state index is -0.135. The summed E-state index contributed by atoms with van der Waals surface area (Å²) in [5.74, 6) is 0.190. The van der Waals surface area contributed by atoms with Crippen LogP contribution in [0.2, 0.25) is 0 Å². The van der Waals surface area contributed by atoms with Gasteiger partial charge in [-0.1, -0.05) is 0 Å². The molecule has 1 aromatic carbocycles. The number of hydrogen-bond acceptors (Lipinski definition) is 5. The quantitative estimate of drug-likeness (QED) is 0.591. The Balaban J connectivity index is 1.44. The molecule has 0 bridgehead atoms. The highest BCUT2D eigenvalue weighted by molar-refractivity contribution is 6.00. The van der Waals surface area contributed by atoms with E-state index in [9.17, 15) is 4.79 Å². The molecule has 2 N–H and O–H groups in total. The molecule has 0 saturated carbocycles. The lowest BCUT2D eigenvalue weighted by atomic mass is 9.97. The Morgan fingerprint density at radius 3 is 3.04 bits per heavy atom. The molecular formula is C19H29N3O2. The number of rotatable bonds is 7. The van der Waals surface area contributed by atoms with Gasteiger partial charge in [0.1, 0.15) is 0 Å². The molecule has 0 radical (unpaired) electrons. The first-order valence-corrected chi connectivity index (χ1v) is 9.18. The summed E-state index contributed by atoms with van der Waals surface area (Å²) in [6, 6.07) is 5.93. The van der Waals surface area contributed by atoms with Crippen LogP contribution >= 0.6 is 0 Å². The monoisotopic (exact) mass is 331 g/mol. The van der Waals surface area contributed by atoms with E-state index in [1.54, 1.807) is 0 Å². The van der Waals surface area contributed by atoms with Crippen molar-refractivity contribution in [2.45, 2.75) is 32.2 Å². The Hall–Kier alpha value is -1.43. The summed E-state index contributed by atoms with van der Waals surface area (Å²) < 4.78 is 5.36. The number of benzene rings is 1. The van der Waals surface area contributed by atoms with E-state index in [1.807, 2.05) is 19.1 Å². The predicted octanol–water partition coefficient (Wildman–Crippen LogP) is 1.93. The number of fused-ring (bicyclic) bond motifs is 1. The van der Waals surface area contributed by atoms with Crippen molar-refractivity contribution in [2.75, 3.05) is 51.3 Å². The van der Waals surface area contributed by atoms with Crippen LogP contribution in [0.4, 0.5) is 5.69 Å². The maximum Gasteiger partial charge on any atom is 0.179 e. The van der Waals surface area contributed by atoms with Gasteiger partial charge in [-0.25, -0.2) is 0 Å². The van der Waals surface area contributed by atoms with E-state index in [2.05, 4.69) is 21.6 Å². The normalized spacial score (nSPS) is 19.4. The van der Waals surface area contributed by atoms with E-state index >= 15 is 0 Å². The summed E-state index contributed by atoms with van der Waals surface area (Å²) in [5.41, 5.74) is 3.28. The molecule has 1 unspecified atom stereocenters. The molecule has 132 valence electrons. The molecular weight excluding hydrogens is 302 g/mol. The third-order valence-electron chi connectivity index (χ3n) is 4.93. The van der Waals surface area contributed by atoms with Crippen molar-refractivity contribution in [3.05, 3.63) is 29.3 Å². The lowest BCUT2D eigenvalue weighted by Crippen LogP contribution is -2.39. The summed E-state index contributed by atoms with van der Waals surface area (Å²) >= 11 is 0. The zero-order valence-electron chi connectivity index (χ0n) is 14.6. The molecule has 24 heavy (non-hydrogen) atoms. The molecule has 5 nitrogen and oxygen atoms in total. The van der Waals surface area contributed by atoms with Gasteiger partial charge in [-0.3, -0.25) is 9.69 Å². The summed E-state index contributed by atoms with van der Waals surface area (Å²) in [6.45, 7) is 8.68. The topological polar surface area (TPSA) is 53.6 Å². The van der Waals surface area contributed by atoms with Gasteiger partial charge in [-0.15, -0.1) is 0 Å². The fourth-order valence-corrected chi connectivity index (χ4v) is 3.42. The Labute approximate surface area is 144 Å². The largest absolute Gasteiger partial charge is 0.385 e. The van der Waals surface area contributed by atoms with Crippen LogP contribution in [0.3, 0.4) is 0 Å². The molecule has 1 aromatic rings. The summed E-state index contributed by atoms with van der Waals surface area (Å²) in [7, 11) is 0. The Morgan fingerprint density at radius 1 is 1.38 bits per heavy atom. The minimum absolute atomic E-state index is 0.135. The Kier molecular flexibility index (Phi) is 6.24. The van der Waals surface area contributed by atoms with E-state index < -0.39 is 0 Å². The Bertz CT molecular complexity index is 556. The van der Waals surface area contributed by atoms with E-state index in [1.165, 1.54) is 11.3 Å². The molecule has 0 spiro atoms. The van der Waals surface area contributed by atoms with Crippen molar-refractivity contribution in [3.63, 3.8) is 0 Å². The van der Waals surface area contributed by atoms with Gasteiger partial charge in [0.2, 0.25) is 0 Å². The highest BCUT2D eigenvalue weighted by Gasteiger charge is 2.17. The summed E-state index contributed by atoms with van der Waals surface area (Å²) in [5, 5.41) is 6.77. The number of ether oxygens (including phenoxy) is 1. The van der Waals surface area contributed by atoms with Gasteiger partial charge < -0.3 is 15.4 Å². The number of anilines is 1. The second-order valence-corrected chi connectivity index (χ2v) is 6.75. The molecule has 2 aliphatic heterocycles. The first-order valence-electron chi connectivity index (χ1n) is 9.18. The van der Waals surface area contributed by atoms with Crippen LogP contribution in [-0.2, 0) is 11.2 Å². The third kappa shape index (κ3) is 4.56. The highest BCUT2D eigenvalue weighted by Crippen LogP contribution is 2.23. The van der Waals surface area contributed by atoms with Gasteiger partial charge in [0.15, 0.2) is 5.78 Å². The van der Waals surface area contributed by atoms with E-state index in [-0.39, 0.29) is 11.8 Å². The second-order valence-electron chi connectivity index (χ2n) is 6.75. The lowest BCUT2D eigenvalue weighted by Gasteiger charge is -2.26. The van der Waals surface area contributed by atoms with Gasteiger partial charge in [-0.2, -0.15) is 0 Å². The minimum Gasteiger partial charge on any atom is -0.385 e. The van der Waals surface area contributed by atoms with E-state index in [0.717, 1.165) is 70.8 Å². The number of hydrogen-bond donors (Lipinski definition) is 2. The fraction of sp³-hybridized carbons (Fsp3) is 0.632. The number of ketones is 1. The molecule has 0 aromatic heterocycles. The molecule has 1 saturated heterocycles. The van der Waals surface area contributed by atoms with Gasteiger partial charge >= 0.3 is 0 Å². The number of carbonyl (C=O) groups is 1. The van der Waals surface area contributed by atoms with Crippen molar-refractivity contribution < 1.29 is 9.53 Å². The van der Waals surface area contributed by atoms with Crippen LogP contribution in [0.15, 0.2) is 18.2 Å². The third-order valence-corrected chi connectivity index (χ3v) is 4.93. The van der Waals surface area contributed by atoms with E-state index in [4.69, 9.17) is 4.74 Å². The zero-order valence-corrected chi connectivity index (χ0v) is 14.6. The highest BCUT2D eigenvalue weighted by atomic mass is 16.5. The van der Waals surface area contributed by atoms with Crippen molar-refractivity contribution in [1.82, 2.24) is 10.2 Å². The molecule has 2 aliphatic rings. The van der Waals surface area contributed by atoms with Crippen molar-refractivity contribution in [2.24, 2.45) is 0 Å². The van der Waals surface area contributed by atoms with Crippen LogP contribution in [0, 0.1) is 0 Å². The summed E-state index contributed by atoms with van der Waals surface area (Å²) in [6.07, 6.45) is 3.26. The fourth-order valence-electron chi connectivity index (χ4n) is 3.42. The predicted molar refractivity (Wildman–Crippen MR) is 96.9 cm³/mol. The second kappa shape index (κ2) is 8.60. The maximum atomic E-state index is 12.6. The average Bonchev–Trinajstić information content (AvgIpc) is 2.65. The van der Waals surface area contributed by atoms with Crippen molar-refractivity contribution in [3.8, 4) is 0 Å². The van der Waals surface area contributed by atoms with Gasteiger partial charge in [0.25, 0.3) is 0 Å². The SMILES string of the molecule is CC(NCCCN1CCOCC1)C(=O)c1ccc2c(c1)CCCN2. The zero-order chi connectivity index (χ0) is 16.8. The van der Waals surface area contributed by atoms with Crippen LogP contribution in [0.5, 0.6) is 0 Å². The van der Waals surface area contributed by atoms with Gasteiger partial charge in [-0.05, 0) is 63.0 Å². The average molecular weight is 331 g/mol. The lowest BCUT2D eigenvalue weighted by molar-refractivity contribution is 0.0374. The number of nitrogens with zero attached hydrogens (tertiary/aromatic N) is 1. The summed E-state index contributed by atoms with van der Waals surface area (Å²) in [4.78, 5) is 15.0. The smallest absolute Gasteiger partial charge is 0.179 e. The molecule has 1 fully saturated rings. The van der Waals surface area contributed by atoms with Crippen molar-refractivity contribution >= 4 is 11.5 Å². The van der Waals surface area contributed by atoms with Crippen LogP contribution in [-0.4, -0.2) is 62.7 Å². The molecule has 2 heterocycles. The maximum absolute atomic E-state index is 12.6. The number of carbonyl (C=O) groups excluding carboxylic acids is 1. The first-order chi connectivity index (χ1) is 11.7. The van der Waals surface area contributed by atoms with Crippen LogP contribution in [0.25, 0.3) is 0 Å². The van der Waals surface area contributed by atoms with Crippen molar-refractivity contribution in [1.29, 1.82) is 0 Å². The molecule has 0 amide bonds. The van der Waals surface area contributed by atoms with Crippen LogP contribution < -0.4 is 10.6 Å². The molecule has 1 atom stereocenters. The van der Waals surface area contributed by atoms with E-state index in [0.29, 0.717) is 0 Å². The number of Topliss-reactive ketones (excluding diaryl/α,β-unsaturated/α-hetero) is 1. The standard InChI is InChI=1S/C19H29N3O2/c1-15(20-8-3-9-22-10-12-24-13-11-22)19(23)17-5-6-18-16(14-17)4-2-7-21-18/h5-6,14-15,20-21H,2-4,7-13H2,1H3. The van der Waals surface area contributed by atoms with Gasteiger partial charge in [0, 0.05) is 30.9 Å². The first kappa shape index (κ1) is 17.4. The van der Waals surface area contributed by atoms with Gasteiger partial charge in [0.05, 0.1) is 19.3 Å². The number of aryl methyl sites for hydroxylation is 1. The molecule has 0 aliphatic carbocycles. The molecule has 3 rings (SSSR count). The van der Waals surface area contributed by atoms with Crippen LogP contribution in [0.1, 0.15) is 35.7 Å². The number of morpholine rings is 1. The Morgan fingerprint density at radius 2 is 2.21 bits per heavy atom. The number of nitrogens with one attached hydrogen (secondary N) is 2. The molecule has 5 heteroatoms.